The van der Waals surface area contributed by atoms with Gasteiger partial charge in [0.1, 0.15) is 0 Å². The summed E-state index contributed by atoms with van der Waals surface area (Å²) < 4.78 is 0. The van der Waals surface area contributed by atoms with Crippen molar-refractivity contribution in [3.05, 3.63) is 40.9 Å². The van der Waals surface area contributed by atoms with Crippen molar-refractivity contribution < 1.29 is 5.48 Å². The summed E-state index contributed by atoms with van der Waals surface area (Å²) >= 11 is 0. The standard InChI is InChI=1S/C8H6N2O.2ClH.H2O/c11-8-9-5-6-3-1-2-4-7(6)10-8;;;/h1-5H,(H,9,10,11);2*1H;1H2. The Kier molecular flexibility index (Phi) is 6.99. The van der Waals surface area contributed by atoms with Gasteiger partial charge in [0, 0.05) is 11.6 Å². The topological polar surface area (TPSA) is 77.2 Å². The van der Waals surface area contributed by atoms with E-state index in [1.54, 1.807) is 6.20 Å². The number of aromatic nitrogens is 2. The van der Waals surface area contributed by atoms with E-state index >= 15 is 0 Å². The molecule has 0 aliphatic carbocycles. The van der Waals surface area contributed by atoms with Crippen LogP contribution in [-0.2, 0) is 0 Å². The van der Waals surface area contributed by atoms with E-state index in [2.05, 4.69) is 9.97 Å². The summed E-state index contributed by atoms with van der Waals surface area (Å²) in [5.41, 5.74) is 0.524. The lowest BCUT2D eigenvalue weighted by atomic mass is 10.2. The van der Waals surface area contributed by atoms with E-state index in [0.29, 0.717) is 0 Å². The molecule has 4 nitrogen and oxygen atoms in total. The van der Waals surface area contributed by atoms with Crippen molar-refractivity contribution in [1.29, 1.82) is 0 Å². The van der Waals surface area contributed by atoms with Gasteiger partial charge in [-0.2, -0.15) is 0 Å². The van der Waals surface area contributed by atoms with Crippen molar-refractivity contribution in [2.75, 3.05) is 0 Å². The molecule has 1 aromatic carbocycles. The minimum atomic E-state index is -0.302. The van der Waals surface area contributed by atoms with Crippen molar-refractivity contribution >= 4 is 35.7 Å². The molecule has 14 heavy (non-hydrogen) atoms. The fourth-order valence-electron chi connectivity index (χ4n) is 0.999. The van der Waals surface area contributed by atoms with E-state index in [9.17, 15) is 4.79 Å². The van der Waals surface area contributed by atoms with Gasteiger partial charge in [-0.3, -0.25) is 0 Å². The number of halogens is 2. The number of rotatable bonds is 0. The zero-order chi connectivity index (χ0) is 7.68. The molecule has 0 saturated carbocycles. The summed E-state index contributed by atoms with van der Waals surface area (Å²) in [6.07, 6.45) is 1.56. The first-order chi connectivity index (χ1) is 5.36. The molecular formula is C8H10Cl2N2O2. The number of H-pyrrole nitrogens is 1. The third-order valence-corrected chi connectivity index (χ3v) is 1.52. The third kappa shape index (κ3) is 2.99. The molecule has 0 saturated heterocycles. The molecule has 1 aromatic heterocycles. The van der Waals surface area contributed by atoms with Gasteiger partial charge in [-0.15, -0.1) is 24.8 Å². The van der Waals surface area contributed by atoms with E-state index in [4.69, 9.17) is 0 Å². The first-order valence-electron chi connectivity index (χ1n) is 3.30. The Labute approximate surface area is 92.5 Å². The average molecular weight is 237 g/mol. The Bertz CT molecular complexity index is 444. The number of benzene rings is 1. The second-order valence-corrected chi connectivity index (χ2v) is 2.28. The van der Waals surface area contributed by atoms with Gasteiger partial charge >= 0.3 is 5.69 Å². The van der Waals surface area contributed by atoms with E-state index in [1.807, 2.05) is 24.3 Å². The average Bonchev–Trinajstić information content (AvgIpc) is 2.04. The molecule has 0 fully saturated rings. The van der Waals surface area contributed by atoms with Crippen LogP contribution in [0.3, 0.4) is 0 Å². The van der Waals surface area contributed by atoms with Gasteiger partial charge in [0.05, 0.1) is 5.52 Å². The highest BCUT2D eigenvalue weighted by atomic mass is 35.5. The molecule has 0 bridgehead atoms. The van der Waals surface area contributed by atoms with Crippen LogP contribution in [0.4, 0.5) is 0 Å². The number of aromatic amines is 1. The third-order valence-electron chi connectivity index (χ3n) is 1.52. The SMILES string of the molecule is Cl.Cl.O.O=c1ncc2ccccc2[nH]1. The van der Waals surface area contributed by atoms with Crippen molar-refractivity contribution in [2.45, 2.75) is 0 Å². The maximum atomic E-state index is 10.7. The van der Waals surface area contributed by atoms with Crippen LogP contribution in [0.2, 0.25) is 0 Å². The van der Waals surface area contributed by atoms with Crippen LogP contribution in [-0.4, -0.2) is 15.4 Å². The number of nitrogens with one attached hydrogen (secondary N) is 1. The lowest BCUT2D eigenvalue weighted by molar-refractivity contribution is 0.824. The second kappa shape index (κ2) is 6.37. The molecule has 0 amide bonds. The Morgan fingerprint density at radius 3 is 2.50 bits per heavy atom. The Morgan fingerprint density at radius 1 is 1.14 bits per heavy atom. The van der Waals surface area contributed by atoms with Gasteiger partial charge in [0.25, 0.3) is 0 Å². The molecule has 78 valence electrons. The number of para-hydroxylation sites is 1. The second-order valence-electron chi connectivity index (χ2n) is 2.28. The smallest absolute Gasteiger partial charge is 0.345 e. The van der Waals surface area contributed by atoms with E-state index in [1.165, 1.54) is 0 Å². The highest BCUT2D eigenvalue weighted by molar-refractivity contribution is 5.85. The monoisotopic (exact) mass is 236 g/mol. The zero-order valence-electron chi connectivity index (χ0n) is 7.06. The predicted molar refractivity (Wildman–Crippen MR) is 60.5 cm³/mol. The summed E-state index contributed by atoms with van der Waals surface area (Å²) in [6.45, 7) is 0. The van der Waals surface area contributed by atoms with Crippen LogP contribution >= 0.6 is 24.8 Å². The molecule has 0 aliphatic heterocycles. The largest absolute Gasteiger partial charge is 0.412 e. The molecule has 0 aliphatic rings. The van der Waals surface area contributed by atoms with Crippen LogP contribution in [0.5, 0.6) is 0 Å². The maximum absolute atomic E-state index is 10.7. The van der Waals surface area contributed by atoms with Crippen molar-refractivity contribution in [1.82, 2.24) is 9.97 Å². The molecule has 2 aromatic rings. The fourth-order valence-corrected chi connectivity index (χ4v) is 0.999. The van der Waals surface area contributed by atoms with Crippen molar-refractivity contribution in [3.63, 3.8) is 0 Å². The summed E-state index contributed by atoms with van der Waals surface area (Å²) in [6, 6.07) is 7.53. The highest BCUT2D eigenvalue weighted by Gasteiger charge is 1.90. The molecule has 0 spiro atoms. The van der Waals surface area contributed by atoms with E-state index < -0.39 is 0 Å². The maximum Gasteiger partial charge on any atom is 0.345 e. The van der Waals surface area contributed by atoms with Crippen molar-refractivity contribution in [3.8, 4) is 0 Å². The zero-order valence-corrected chi connectivity index (χ0v) is 8.69. The molecular weight excluding hydrogens is 227 g/mol. The lowest BCUT2D eigenvalue weighted by Crippen LogP contribution is -2.07. The molecule has 6 heteroatoms. The van der Waals surface area contributed by atoms with Gasteiger partial charge in [-0.25, -0.2) is 9.78 Å². The minimum Gasteiger partial charge on any atom is -0.412 e. The molecule has 2 rings (SSSR count). The number of hydrogen-bond acceptors (Lipinski definition) is 2. The van der Waals surface area contributed by atoms with Crippen molar-refractivity contribution in [2.24, 2.45) is 0 Å². The molecule has 0 radical (unpaired) electrons. The number of hydrogen-bond donors (Lipinski definition) is 1. The summed E-state index contributed by atoms with van der Waals surface area (Å²) in [4.78, 5) is 16.9. The van der Waals surface area contributed by atoms with Crippen LogP contribution in [0.15, 0.2) is 35.3 Å². The molecule has 0 unspecified atom stereocenters. The van der Waals surface area contributed by atoms with E-state index in [0.717, 1.165) is 10.9 Å². The first kappa shape index (κ1) is 15.4. The minimum absolute atomic E-state index is 0. The molecule has 1 heterocycles. The summed E-state index contributed by atoms with van der Waals surface area (Å²) in [5.74, 6) is 0. The van der Waals surface area contributed by atoms with Gasteiger partial charge in [-0.1, -0.05) is 18.2 Å². The molecule has 3 N–H and O–H groups in total. The fraction of sp³-hybridized carbons (Fsp3) is 0. The quantitative estimate of drug-likeness (QED) is 0.740. The van der Waals surface area contributed by atoms with Crippen LogP contribution in [0.25, 0.3) is 10.9 Å². The highest BCUT2D eigenvalue weighted by Crippen LogP contribution is 2.05. The number of fused-ring (bicyclic) bond motifs is 1. The van der Waals surface area contributed by atoms with Gasteiger partial charge in [0.2, 0.25) is 0 Å². The number of nitrogens with zero attached hydrogens (tertiary/aromatic N) is 1. The first-order valence-corrected chi connectivity index (χ1v) is 3.30. The lowest BCUT2D eigenvalue weighted by Gasteiger charge is -1.92. The summed E-state index contributed by atoms with van der Waals surface area (Å²) in [5, 5.41) is 0.951. The normalized spacial score (nSPS) is 8.00. The Morgan fingerprint density at radius 2 is 1.79 bits per heavy atom. The Balaban J connectivity index is 0. The Hall–Kier alpha value is -1.10. The van der Waals surface area contributed by atoms with Gasteiger partial charge in [-0.05, 0) is 6.07 Å². The van der Waals surface area contributed by atoms with Crippen LogP contribution in [0, 0.1) is 0 Å². The molecule has 0 atom stereocenters. The van der Waals surface area contributed by atoms with Crippen LogP contribution in [0.1, 0.15) is 0 Å². The van der Waals surface area contributed by atoms with Crippen LogP contribution < -0.4 is 5.69 Å². The summed E-state index contributed by atoms with van der Waals surface area (Å²) in [7, 11) is 0. The van der Waals surface area contributed by atoms with Gasteiger partial charge in [0.15, 0.2) is 0 Å². The van der Waals surface area contributed by atoms with E-state index in [-0.39, 0.29) is 36.0 Å². The predicted octanol–water partition coefficient (Wildman–Crippen LogP) is 0.942. The van der Waals surface area contributed by atoms with Gasteiger partial charge < -0.3 is 10.5 Å².